The predicted molar refractivity (Wildman–Crippen MR) is 98.3 cm³/mol. The lowest BCUT2D eigenvalue weighted by molar-refractivity contribution is -0.116. The number of hydrogen-bond acceptors (Lipinski definition) is 6. The van der Waals surface area contributed by atoms with Crippen LogP contribution in [0.3, 0.4) is 0 Å². The normalized spacial score (nSPS) is 12.0. The van der Waals surface area contributed by atoms with Gasteiger partial charge in [-0.25, -0.2) is 8.42 Å². The van der Waals surface area contributed by atoms with Gasteiger partial charge in [-0.3, -0.25) is 4.79 Å². The third-order valence-corrected chi connectivity index (χ3v) is 4.46. The number of amides is 1. The molecule has 1 amide bonds. The fourth-order valence-electron chi connectivity index (χ4n) is 2.16. The number of sulfone groups is 1. The minimum Gasteiger partial charge on any atom is -0.413 e. The number of aromatic nitrogens is 2. The number of nitrogens with one attached hydrogen (secondary N) is 1. The summed E-state index contributed by atoms with van der Waals surface area (Å²) in [6.07, 6.45) is 5.21. The molecule has 1 N–H and O–H groups in total. The maximum Gasteiger partial charge on any atom is 0.335 e. The maximum atomic E-state index is 11.8. The molecule has 0 atom stereocenters. The first-order valence-corrected chi connectivity index (χ1v) is 10.2. The summed E-state index contributed by atoms with van der Waals surface area (Å²) in [5.74, 6) is 0.518. The van der Waals surface area contributed by atoms with Crippen LogP contribution in [0.5, 0.6) is 0 Å². The molecule has 1 aromatic carbocycles. The summed E-state index contributed by atoms with van der Waals surface area (Å²) in [7, 11) is -3.49. The van der Waals surface area contributed by atoms with Gasteiger partial charge in [-0.05, 0) is 29.5 Å². The van der Waals surface area contributed by atoms with Crippen LogP contribution in [0.2, 0.25) is 0 Å². The summed E-state index contributed by atoms with van der Waals surface area (Å²) in [5, 5.41) is 9.52. The smallest absolute Gasteiger partial charge is 0.335 e. The SMILES string of the molecule is CC(C)c1ccc(/C=C/C(=O)NCCCc2nnc(S(C)(=O)=O)o2)cc1. The lowest BCUT2D eigenvalue weighted by atomic mass is 10.0. The fraction of sp³-hybridized carbons (Fsp3) is 0.389. The Balaban J connectivity index is 1.74. The second-order valence-corrected chi connectivity index (χ2v) is 8.18. The Kier molecular flexibility index (Phi) is 6.68. The van der Waals surface area contributed by atoms with E-state index >= 15 is 0 Å². The highest BCUT2D eigenvalue weighted by Crippen LogP contribution is 2.15. The monoisotopic (exact) mass is 377 g/mol. The van der Waals surface area contributed by atoms with Crippen molar-refractivity contribution in [2.75, 3.05) is 12.8 Å². The average Bonchev–Trinajstić information content (AvgIpc) is 3.06. The molecule has 2 aromatic rings. The number of carbonyl (C=O) groups is 1. The number of aryl methyl sites for hydroxylation is 1. The molecule has 2 rings (SSSR count). The topological polar surface area (TPSA) is 102 Å². The van der Waals surface area contributed by atoms with Crippen LogP contribution in [0.4, 0.5) is 0 Å². The second kappa shape index (κ2) is 8.75. The van der Waals surface area contributed by atoms with Crippen LogP contribution < -0.4 is 5.32 Å². The summed E-state index contributed by atoms with van der Waals surface area (Å²) in [4.78, 5) is 11.8. The van der Waals surface area contributed by atoms with E-state index in [2.05, 4.69) is 41.5 Å². The van der Waals surface area contributed by atoms with Crippen molar-refractivity contribution in [2.24, 2.45) is 0 Å². The Hall–Kier alpha value is -2.48. The zero-order valence-corrected chi connectivity index (χ0v) is 15.9. The minimum absolute atomic E-state index is 0.194. The van der Waals surface area contributed by atoms with Gasteiger partial charge in [-0.15, -0.1) is 5.10 Å². The molecule has 0 fully saturated rings. The highest BCUT2D eigenvalue weighted by molar-refractivity contribution is 7.90. The van der Waals surface area contributed by atoms with Gasteiger partial charge in [-0.2, -0.15) is 0 Å². The van der Waals surface area contributed by atoms with Crippen LogP contribution in [0.1, 0.15) is 43.2 Å². The van der Waals surface area contributed by atoms with Crippen LogP contribution in [0, 0.1) is 0 Å². The molecule has 8 heteroatoms. The number of rotatable bonds is 8. The van der Waals surface area contributed by atoms with E-state index in [1.807, 2.05) is 12.1 Å². The summed E-state index contributed by atoms with van der Waals surface area (Å²) >= 11 is 0. The van der Waals surface area contributed by atoms with E-state index in [0.717, 1.165) is 11.8 Å². The van der Waals surface area contributed by atoms with E-state index in [1.165, 1.54) is 11.6 Å². The van der Waals surface area contributed by atoms with Gasteiger partial charge in [0.25, 0.3) is 0 Å². The van der Waals surface area contributed by atoms with Crippen molar-refractivity contribution < 1.29 is 17.6 Å². The van der Waals surface area contributed by atoms with E-state index in [-0.39, 0.29) is 17.0 Å². The molecule has 140 valence electrons. The van der Waals surface area contributed by atoms with Crippen molar-refractivity contribution in [2.45, 2.75) is 37.8 Å². The maximum absolute atomic E-state index is 11.8. The molecular formula is C18H23N3O4S. The third-order valence-electron chi connectivity index (χ3n) is 3.66. The summed E-state index contributed by atoms with van der Waals surface area (Å²) < 4.78 is 27.5. The molecular weight excluding hydrogens is 354 g/mol. The summed E-state index contributed by atoms with van der Waals surface area (Å²) in [6.45, 7) is 4.69. The van der Waals surface area contributed by atoms with Crippen LogP contribution in [-0.2, 0) is 21.1 Å². The number of hydrogen-bond donors (Lipinski definition) is 1. The molecule has 0 saturated heterocycles. The molecule has 0 aliphatic heterocycles. The first-order chi connectivity index (χ1) is 12.3. The van der Waals surface area contributed by atoms with Crippen LogP contribution in [-0.4, -0.2) is 37.3 Å². The van der Waals surface area contributed by atoms with E-state index in [1.54, 1.807) is 6.08 Å². The van der Waals surface area contributed by atoms with Gasteiger partial charge in [0.1, 0.15) is 0 Å². The number of benzene rings is 1. The van der Waals surface area contributed by atoms with Crippen molar-refractivity contribution in [3.8, 4) is 0 Å². The van der Waals surface area contributed by atoms with E-state index in [0.29, 0.717) is 25.3 Å². The first kappa shape index (κ1) is 19.8. The molecule has 0 radical (unpaired) electrons. The highest BCUT2D eigenvalue weighted by atomic mass is 32.2. The number of carbonyl (C=O) groups excluding carboxylic acids is 1. The Morgan fingerprint density at radius 2 is 1.92 bits per heavy atom. The second-order valence-electron chi connectivity index (χ2n) is 6.28. The molecule has 1 aromatic heterocycles. The van der Waals surface area contributed by atoms with Crippen LogP contribution >= 0.6 is 0 Å². The van der Waals surface area contributed by atoms with E-state index in [4.69, 9.17) is 4.42 Å². The van der Waals surface area contributed by atoms with Crippen LogP contribution in [0.15, 0.2) is 40.0 Å². The van der Waals surface area contributed by atoms with Crippen molar-refractivity contribution in [3.05, 3.63) is 47.4 Å². The van der Waals surface area contributed by atoms with E-state index in [9.17, 15) is 13.2 Å². The lowest BCUT2D eigenvalue weighted by Crippen LogP contribution is -2.22. The Morgan fingerprint density at radius 3 is 2.50 bits per heavy atom. The quantitative estimate of drug-likeness (QED) is 0.560. The Morgan fingerprint density at radius 1 is 1.23 bits per heavy atom. The number of nitrogens with zero attached hydrogens (tertiary/aromatic N) is 2. The molecule has 0 bridgehead atoms. The van der Waals surface area contributed by atoms with Gasteiger partial charge < -0.3 is 9.73 Å². The zero-order valence-electron chi connectivity index (χ0n) is 15.1. The van der Waals surface area contributed by atoms with Gasteiger partial charge >= 0.3 is 5.22 Å². The third kappa shape index (κ3) is 6.11. The lowest BCUT2D eigenvalue weighted by Gasteiger charge is -2.04. The van der Waals surface area contributed by atoms with E-state index < -0.39 is 9.84 Å². The van der Waals surface area contributed by atoms with Crippen molar-refractivity contribution in [3.63, 3.8) is 0 Å². The molecule has 1 heterocycles. The fourth-order valence-corrected chi connectivity index (χ4v) is 2.60. The Bertz CT molecular complexity index is 868. The van der Waals surface area contributed by atoms with Gasteiger partial charge in [0.05, 0.1) is 0 Å². The molecule has 26 heavy (non-hydrogen) atoms. The molecule has 0 spiro atoms. The molecule has 0 unspecified atom stereocenters. The van der Waals surface area contributed by atoms with Gasteiger partial charge in [0, 0.05) is 25.3 Å². The van der Waals surface area contributed by atoms with Gasteiger partial charge in [0.15, 0.2) is 0 Å². The van der Waals surface area contributed by atoms with Crippen LogP contribution in [0.25, 0.3) is 6.08 Å². The van der Waals surface area contributed by atoms with Crippen molar-refractivity contribution in [1.29, 1.82) is 0 Å². The molecule has 7 nitrogen and oxygen atoms in total. The van der Waals surface area contributed by atoms with Crippen molar-refractivity contribution >= 4 is 21.8 Å². The van der Waals surface area contributed by atoms with Crippen molar-refractivity contribution in [1.82, 2.24) is 15.5 Å². The standard InChI is InChI=1S/C18H23N3O4S/c1-13(2)15-9-6-14(7-10-15)8-11-16(22)19-12-4-5-17-20-21-18(25-17)26(3,23)24/h6-11,13H,4-5,12H2,1-3H3,(H,19,22)/b11-8+. The molecule has 0 aliphatic rings. The summed E-state index contributed by atoms with van der Waals surface area (Å²) in [6, 6.07) is 8.07. The predicted octanol–water partition coefficient (Wildman–Crippen LogP) is 2.36. The first-order valence-electron chi connectivity index (χ1n) is 8.34. The minimum atomic E-state index is -3.49. The summed E-state index contributed by atoms with van der Waals surface area (Å²) in [5.41, 5.74) is 2.22. The van der Waals surface area contributed by atoms with Gasteiger partial charge in [0.2, 0.25) is 21.6 Å². The Labute approximate surface area is 153 Å². The molecule has 0 saturated carbocycles. The molecule has 0 aliphatic carbocycles. The zero-order chi connectivity index (χ0) is 19.2. The highest BCUT2D eigenvalue weighted by Gasteiger charge is 2.16. The average molecular weight is 377 g/mol. The van der Waals surface area contributed by atoms with Gasteiger partial charge in [-0.1, -0.05) is 43.2 Å². The largest absolute Gasteiger partial charge is 0.413 e.